The molecule has 3 nitrogen and oxygen atoms in total. The molecule has 1 aromatic carbocycles. The zero-order valence-corrected chi connectivity index (χ0v) is 10.9. The van der Waals surface area contributed by atoms with Crippen molar-refractivity contribution in [2.45, 2.75) is 33.4 Å². The molecule has 0 radical (unpaired) electrons. The highest BCUT2D eigenvalue weighted by molar-refractivity contribution is 5.28. The lowest BCUT2D eigenvalue weighted by atomic mass is 9.87. The van der Waals surface area contributed by atoms with Gasteiger partial charge in [-0.15, -0.1) is 0 Å². The number of hydrogen-bond donors (Lipinski definition) is 1. The first-order valence-corrected chi connectivity index (χ1v) is 5.73. The number of methoxy groups -OCH3 is 1. The number of nitriles is 1. The van der Waals surface area contributed by atoms with E-state index in [1.54, 1.807) is 7.11 Å². The molecule has 0 aliphatic carbocycles. The summed E-state index contributed by atoms with van der Waals surface area (Å²) in [4.78, 5) is 0. The Morgan fingerprint density at radius 2 is 2.12 bits per heavy atom. The quantitative estimate of drug-likeness (QED) is 0.868. The van der Waals surface area contributed by atoms with Crippen molar-refractivity contribution in [3.63, 3.8) is 0 Å². The summed E-state index contributed by atoms with van der Waals surface area (Å²) in [5.74, 6) is 0.841. The normalized spacial score (nSPS) is 12.9. The maximum Gasteiger partial charge on any atom is 0.119 e. The van der Waals surface area contributed by atoms with Gasteiger partial charge in [0.15, 0.2) is 0 Å². The minimum Gasteiger partial charge on any atom is -0.497 e. The fourth-order valence-electron chi connectivity index (χ4n) is 1.55. The van der Waals surface area contributed by atoms with E-state index in [2.05, 4.69) is 32.2 Å². The molecule has 1 unspecified atom stereocenters. The molecule has 0 saturated carbocycles. The Morgan fingerprint density at radius 3 is 2.65 bits per heavy atom. The van der Waals surface area contributed by atoms with E-state index in [9.17, 15) is 0 Å². The first-order valence-electron chi connectivity index (χ1n) is 5.73. The molecule has 1 N–H and O–H groups in total. The highest BCUT2D eigenvalue weighted by atomic mass is 16.5. The zero-order valence-electron chi connectivity index (χ0n) is 10.9. The first kappa shape index (κ1) is 13.5. The summed E-state index contributed by atoms with van der Waals surface area (Å²) in [7, 11) is 1.65. The molecule has 3 heteroatoms. The Kier molecular flexibility index (Phi) is 4.53. The smallest absolute Gasteiger partial charge is 0.119 e. The van der Waals surface area contributed by atoms with Gasteiger partial charge in [-0.1, -0.05) is 32.9 Å². The van der Waals surface area contributed by atoms with Gasteiger partial charge in [0, 0.05) is 6.54 Å². The van der Waals surface area contributed by atoms with Crippen molar-refractivity contribution in [3.05, 3.63) is 29.8 Å². The van der Waals surface area contributed by atoms with Gasteiger partial charge in [-0.3, -0.25) is 5.32 Å². The monoisotopic (exact) mass is 232 g/mol. The van der Waals surface area contributed by atoms with Crippen LogP contribution in [0, 0.1) is 16.7 Å². The summed E-state index contributed by atoms with van der Waals surface area (Å²) >= 11 is 0. The van der Waals surface area contributed by atoms with E-state index < -0.39 is 0 Å². The van der Waals surface area contributed by atoms with Crippen molar-refractivity contribution in [1.82, 2.24) is 5.32 Å². The van der Waals surface area contributed by atoms with Crippen LogP contribution in [0.3, 0.4) is 0 Å². The molecule has 1 aromatic rings. The zero-order chi connectivity index (χ0) is 12.9. The molecular formula is C14H20N2O. The fraction of sp³-hybridized carbons (Fsp3) is 0.500. The third-order valence-corrected chi connectivity index (χ3v) is 2.64. The largest absolute Gasteiger partial charge is 0.497 e. The average Bonchev–Trinajstić information content (AvgIpc) is 2.28. The Morgan fingerprint density at radius 1 is 1.41 bits per heavy atom. The Hall–Kier alpha value is -1.53. The molecule has 1 atom stereocenters. The van der Waals surface area contributed by atoms with E-state index in [0.717, 1.165) is 11.3 Å². The van der Waals surface area contributed by atoms with Gasteiger partial charge in [0.2, 0.25) is 0 Å². The van der Waals surface area contributed by atoms with Crippen LogP contribution in [0.25, 0.3) is 0 Å². The van der Waals surface area contributed by atoms with Gasteiger partial charge < -0.3 is 4.74 Å². The molecule has 0 aliphatic rings. The van der Waals surface area contributed by atoms with Crippen LogP contribution in [-0.4, -0.2) is 13.2 Å². The van der Waals surface area contributed by atoms with E-state index >= 15 is 0 Å². The number of nitrogens with zero attached hydrogens (tertiary/aromatic N) is 1. The maximum atomic E-state index is 9.10. The summed E-state index contributed by atoms with van der Waals surface area (Å²) < 4.78 is 5.16. The highest BCUT2D eigenvalue weighted by Crippen LogP contribution is 2.19. The Balaban J connectivity index is 2.64. The van der Waals surface area contributed by atoms with Crippen LogP contribution in [-0.2, 0) is 6.54 Å². The van der Waals surface area contributed by atoms with Crippen molar-refractivity contribution in [1.29, 1.82) is 5.26 Å². The molecule has 0 aliphatic heterocycles. The van der Waals surface area contributed by atoms with E-state index in [-0.39, 0.29) is 11.5 Å². The number of rotatable bonds is 4. The van der Waals surface area contributed by atoms with Crippen molar-refractivity contribution < 1.29 is 4.74 Å². The van der Waals surface area contributed by atoms with Crippen LogP contribution >= 0.6 is 0 Å². The second kappa shape index (κ2) is 5.70. The molecule has 0 amide bonds. The van der Waals surface area contributed by atoms with Gasteiger partial charge in [-0.25, -0.2) is 0 Å². The summed E-state index contributed by atoms with van der Waals surface area (Å²) in [6, 6.07) is 10.0. The third-order valence-electron chi connectivity index (χ3n) is 2.64. The summed E-state index contributed by atoms with van der Waals surface area (Å²) in [6.07, 6.45) is 0. The van der Waals surface area contributed by atoms with Crippen LogP contribution < -0.4 is 10.1 Å². The second-order valence-corrected chi connectivity index (χ2v) is 5.16. The molecule has 0 saturated heterocycles. The lowest BCUT2D eigenvalue weighted by Crippen LogP contribution is -2.38. The molecule has 0 spiro atoms. The molecular weight excluding hydrogens is 212 g/mol. The van der Waals surface area contributed by atoms with Crippen molar-refractivity contribution in [2.75, 3.05) is 7.11 Å². The lowest BCUT2D eigenvalue weighted by Gasteiger charge is -2.25. The molecule has 17 heavy (non-hydrogen) atoms. The van der Waals surface area contributed by atoms with Crippen molar-refractivity contribution in [3.8, 4) is 11.8 Å². The molecule has 0 fully saturated rings. The van der Waals surface area contributed by atoms with E-state index in [0.29, 0.717) is 6.54 Å². The van der Waals surface area contributed by atoms with Crippen LogP contribution in [0.4, 0.5) is 0 Å². The molecule has 0 aromatic heterocycles. The predicted octanol–water partition coefficient (Wildman–Crippen LogP) is 2.72. The Bertz CT molecular complexity index is 401. The molecule has 0 heterocycles. The average molecular weight is 232 g/mol. The van der Waals surface area contributed by atoms with Crippen LogP contribution in [0.1, 0.15) is 26.3 Å². The van der Waals surface area contributed by atoms with Gasteiger partial charge in [0.1, 0.15) is 11.8 Å². The topological polar surface area (TPSA) is 45.0 Å². The third kappa shape index (κ3) is 4.08. The molecule has 1 rings (SSSR count). The maximum absolute atomic E-state index is 9.10. The minimum absolute atomic E-state index is 0.0619. The van der Waals surface area contributed by atoms with Gasteiger partial charge in [0.05, 0.1) is 13.2 Å². The van der Waals surface area contributed by atoms with E-state index in [1.807, 2.05) is 24.3 Å². The minimum atomic E-state index is -0.159. The van der Waals surface area contributed by atoms with Gasteiger partial charge in [-0.05, 0) is 23.1 Å². The predicted molar refractivity (Wildman–Crippen MR) is 68.7 cm³/mol. The van der Waals surface area contributed by atoms with E-state index in [1.165, 1.54) is 0 Å². The number of benzene rings is 1. The standard InChI is InChI=1S/C14H20N2O/c1-14(2,3)13(9-15)16-10-11-6-5-7-12(8-11)17-4/h5-8,13,16H,10H2,1-4H3. The van der Waals surface area contributed by atoms with Crippen molar-refractivity contribution in [2.24, 2.45) is 5.41 Å². The number of ether oxygens (including phenoxy) is 1. The first-order chi connectivity index (χ1) is 7.97. The van der Waals surface area contributed by atoms with E-state index in [4.69, 9.17) is 10.00 Å². The SMILES string of the molecule is COc1cccc(CNC(C#N)C(C)(C)C)c1. The van der Waals surface area contributed by atoms with Crippen LogP contribution in [0.2, 0.25) is 0 Å². The van der Waals surface area contributed by atoms with Gasteiger partial charge in [0.25, 0.3) is 0 Å². The van der Waals surface area contributed by atoms with Crippen LogP contribution in [0.15, 0.2) is 24.3 Å². The second-order valence-electron chi connectivity index (χ2n) is 5.16. The number of hydrogen-bond acceptors (Lipinski definition) is 3. The highest BCUT2D eigenvalue weighted by Gasteiger charge is 2.23. The van der Waals surface area contributed by atoms with Gasteiger partial charge in [-0.2, -0.15) is 5.26 Å². The lowest BCUT2D eigenvalue weighted by molar-refractivity contribution is 0.318. The number of nitrogens with one attached hydrogen (secondary N) is 1. The fourth-order valence-corrected chi connectivity index (χ4v) is 1.55. The van der Waals surface area contributed by atoms with Gasteiger partial charge >= 0.3 is 0 Å². The molecule has 92 valence electrons. The van der Waals surface area contributed by atoms with Crippen LogP contribution in [0.5, 0.6) is 5.75 Å². The Labute approximate surface area is 103 Å². The summed E-state index contributed by atoms with van der Waals surface area (Å²) in [5.41, 5.74) is 1.06. The van der Waals surface area contributed by atoms with Crippen molar-refractivity contribution >= 4 is 0 Å². The summed E-state index contributed by atoms with van der Waals surface area (Å²) in [5, 5.41) is 12.4. The molecule has 0 bridgehead atoms. The summed E-state index contributed by atoms with van der Waals surface area (Å²) in [6.45, 7) is 6.84.